The molecule has 2 aromatic rings. The van der Waals surface area contributed by atoms with E-state index in [1.165, 1.54) is 25.8 Å². The minimum atomic E-state index is -4.35. The predicted octanol–water partition coefficient (Wildman–Crippen LogP) is 6.58. The molecule has 0 bridgehead atoms. The molecule has 3 nitrogen and oxygen atoms in total. The lowest BCUT2D eigenvalue weighted by molar-refractivity contribution is -0.138. The molecule has 1 atom stereocenters. The normalized spacial score (nSPS) is 23.4. The van der Waals surface area contributed by atoms with E-state index in [2.05, 4.69) is 17.1 Å². The second kappa shape index (κ2) is 8.89. The van der Waals surface area contributed by atoms with E-state index in [9.17, 15) is 13.2 Å². The molecule has 3 heterocycles. The molecule has 1 aliphatic heterocycles. The Kier molecular flexibility index (Phi) is 6.38. The Morgan fingerprint density at radius 2 is 1.87 bits per heavy atom. The van der Waals surface area contributed by atoms with E-state index >= 15 is 0 Å². The number of alkyl halides is 3. The highest BCUT2D eigenvalue weighted by atomic mass is 19.4. The second-order valence-electron chi connectivity index (χ2n) is 9.34. The van der Waals surface area contributed by atoms with Crippen LogP contribution in [0.25, 0.3) is 0 Å². The number of hydrogen-bond acceptors (Lipinski definition) is 3. The first-order valence-corrected chi connectivity index (χ1v) is 11.4. The van der Waals surface area contributed by atoms with Crippen LogP contribution in [0.3, 0.4) is 0 Å². The highest BCUT2D eigenvalue weighted by molar-refractivity contribution is 5.27. The van der Waals surface area contributed by atoms with E-state index in [-0.39, 0.29) is 16.7 Å². The van der Waals surface area contributed by atoms with E-state index in [0.29, 0.717) is 12.0 Å². The Morgan fingerprint density at radius 1 is 1.06 bits per heavy atom. The molecule has 168 valence electrons. The summed E-state index contributed by atoms with van der Waals surface area (Å²) in [6.07, 6.45) is 9.12. The SMILES string of the molecule is Cc1ncc(CCCC[C@@]2(c3ccccn3)CCOC3(CCCC3)C2)cc1C(F)(F)F. The van der Waals surface area contributed by atoms with Crippen molar-refractivity contribution in [3.05, 3.63) is 59.2 Å². The Morgan fingerprint density at radius 3 is 2.58 bits per heavy atom. The van der Waals surface area contributed by atoms with Gasteiger partial charge in [0, 0.05) is 35.8 Å². The van der Waals surface area contributed by atoms with Crippen LogP contribution >= 0.6 is 0 Å². The van der Waals surface area contributed by atoms with Gasteiger partial charge in [-0.15, -0.1) is 0 Å². The zero-order valence-corrected chi connectivity index (χ0v) is 18.2. The van der Waals surface area contributed by atoms with Crippen LogP contribution in [0.4, 0.5) is 13.2 Å². The molecule has 0 N–H and O–H groups in total. The van der Waals surface area contributed by atoms with Gasteiger partial charge in [0.25, 0.3) is 0 Å². The molecule has 0 aromatic carbocycles. The molecule has 1 saturated carbocycles. The fourth-order valence-electron chi connectivity index (χ4n) is 5.59. The molecule has 1 spiro atoms. The fraction of sp³-hybridized carbons (Fsp3) is 0.600. The maximum atomic E-state index is 13.2. The average Bonchev–Trinajstić information content (AvgIpc) is 3.19. The van der Waals surface area contributed by atoms with Crippen LogP contribution in [0, 0.1) is 6.92 Å². The Bertz CT molecular complexity index is 878. The molecule has 0 amide bonds. The van der Waals surface area contributed by atoms with Gasteiger partial charge in [-0.3, -0.25) is 9.97 Å². The van der Waals surface area contributed by atoms with Gasteiger partial charge >= 0.3 is 6.18 Å². The van der Waals surface area contributed by atoms with Gasteiger partial charge in [-0.05, 0) is 75.6 Å². The van der Waals surface area contributed by atoms with Gasteiger partial charge in [0.05, 0.1) is 11.2 Å². The summed E-state index contributed by atoms with van der Waals surface area (Å²) < 4.78 is 45.8. The lowest BCUT2D eigenvalue weighted by Crippen LogP contribution is -2.46. The third-order valence-corrected chi connectivity index (χ3v) is 7.19. The Balaban J connectivity index is 1.44. The van der Waals surface area contributed by atoms with Crippen LogP contribution in [-0.2, 0) is 22.7 Å². The Labute approximate surface area is 182 Å². The van der Waals surface area contributed by atoms with Crippen molar-refractivity contribution in [2.24, 2.45) is 0 Å². The van der Waals surface area contributed by atoms with Gasteiger partial charge in [0.2, 0.25) is 0 Å². The highest BCUT2D eigenvalue weighted by Crippen LogP contribution is 2.50. The maximum Gasteiger partial charge on any atom is 0.418 e. The number of halogens is 3. The number of aromatic nitrogens is 2. The molecule has 6 heteroatoms. The number of ether oxygens (including phenoxy) is 1. The van der Waals surface area contributed by atoms with Crippen molar-refractivity contribution in [2.75, 3.05) is 6.61 Å². The van der Waals surface area contributed by atoms with E-state index in [1.54, 1.807) is 6.20 Å². The zero-order valence-electron chi connectivity index (χ0n) is 18.2. The Hall–Kier alpha value is -1.95. The summed E-state index contributed by atoms with van der Waals surface area (Å²) in [6, 6.07) is 7.40. The molecule has 1 aliphatic carbocycles. The highest BCUT2D eigenvalue weighted by Gasteiger charge is 2.48. The predicted molar refractivity (Wildman–Crippen MR) is 114 cm³/mol. The van der Waals surface area contributed by atoms with E-state index in [0.717, 1.165) is 57.2 Å². The molecular formula is C25H31F3N2O. The largest absolute Gasteiger partial charge is 0.418 e. The first-order valence-electron chi connectivity index (χ1n) is 11.4. The van der Waals surface area contributed by atoms with Gasteiger partial charge in [-0.25, -0.2) is 0 Å². The molecule has 0 radical (unpaired) electrons. The molecule has 1 saturated heterocycles. The van der Waals surface area contributed by atoms with E-state index in [4.69, 9.17) is 9.72 Å². The van der Waals surface area contributed by atoms with Crippen molar-refractivity contribution in [2.45, 2.75) is 88.3 Å². The van der Waals surface area contributed by atoms with Crippen molar-refractivity contribution in [3.63, 3.8) is 0 Å². The minimum absolute atomic E-state index is 0.00743. The average molecular weight is 433 g/mol. The molecule has 31 heavy (non-hydrogen) atoms. The molecule has 4 rings (SSSR count). The van der Waals surface area contributed by atoms with Crippen molar-refractivity contribution < 1.29 is 17.9 Å². The third kappa shape index (κ3) is 4.94. The van der Waals surface area contributed by atoms with Crippen LogP contribution in [0.5, 0.6) is 0 Å². The molecule has 0 unspecified atom stereocenters. The maximum absolute atomic E-state index is 13.2. The van der Waals surface area contributed by atoms with Crippen LogP contribution in [-0.4, -0.2) is 22.2 Å². The van der Waals surface area contributed by atoms with Gasteiger partial charge < -0.3 is 4.74 Å². The summed E-state index contributed by atoms with van der Waals surface area (Å²) in [5, 5.41) is 0. The fourth-order valence-corrected chi connectivity index (χ4v) is 5.59. The molecule has 2 aliphatic rings. The summed E-state index contributed by atoms with van der Waals surface area (Å²) in [5.74, 6) is 0. The van der Waals surface area contributed by atoms with Crippen molar-refractivity contribution >= 4 is 0 Å². The zero-order chi connectivity index (χ0) is 22.0. The number of rotatable bonds is 6. The summed E-state index contributed by atoms with van der Waals surface area (Å²) >= 11 is 0. The van der Waals surface area contributed by atoms with E-state index in [1.807, 2.05) is 12.3 Å². The van der Waals surface area contributed by atoms with Gasteiger partial charge in [-0.1, -0.05) is 25.3 Å². The first kappa shape index (κ1) is 22.3. The summed E-state index contributed by atoms with van der Waals surface area (Å²) in [7, 11) is 0. The monoisotopic (exact) mass is 432 g/mol. The number of hydrogen-bond donors (Lipinski definition) is 0. The third-order valence-electron chi connectivity index (χ3n) is 7.19. The number of nitrogens with zero attached hydrogens (tertiary/aromatic N) is 2. The topological polar surface area (TPSA) is 35.0 Å². The van der Waals surface area contributed by atoms with Crippen molar-refractivity contribution in [1.82, 2.24) is 9.97 Å². The van der Waals surface area contributed by atoms with Crippen LogP contribution in [0.2, 0.25) is 0 Å². The number of pyridine rings is 2. The molecule has 2 aromatic heterocycles. The van der Waals surface area contributed by atoms with Crippen LogP contribution in [0.15, 0.2) is 36.7 Å². The lowest BCUT2D eigenvalue weighted by Gasteiger charge is -2.46. The standard InChI is InChI=1S/C25H31F3N2O/c1-19-21(25(26,27)28)16-20(17-30-19)8-2-4-10-23(22-9-3-7-14-29-22)13-15-31-24(18-23)11-5-6-12-24/h3,7,9,14,16-17H,2,4-6,8,10-13,15,18H2,1H3/t23-/m1/s1. The summed E-state index contributed by atoms with van der Waals surface area (Å²) in [5.41, 5.74) is 1.19. The summed E-state index contributed by atoms with van der Waals surface area (Å²) in [6.45, 7) is 2.17. The van der Waals surface area contributed by atoms with Gasteiger partial charge in [0.1, 0.15) is 0 Å². The molecule has 2 fully saturated rings. The quantitative estimate of drug-likeness (QED) is 0.484. The lowest BCUT2D eigenvalue weighted by atomic mass is 9.67. The summed E-state index contributed by atoms with van der Waals surface area (Å²) in [4.78, 5) is 8.70. The van der Waals surface area contributed by atoms with Crippen molar-refractivity contribution in [3.8, 4) is 0 Å². The smallest absolute Gasteiger partial charge is 0.375 e. The number of aryl methyl sites for hydroxylation is 2. The van der Waals surface area contributed by atoms with E-state index < -0.39 is 11.7 Å². The minimum Gasteiger partial charge on any atom is -0.375 e. The van der Waals surface area contributed by atoms with Gasteiger partial charge in [-0.2, -0.15) is 13.2 Å². The van der Waals surface area contributed by atoms with Crippen LogP contribution < -0.4 is 0 Å². The second-order valence-corrected chi connectivity index (χ2v) is 9.34. The van der Waals surface area contributed by atoms with Crippen molar-refractivity contribution in [1.29, 1.82) is 0 Å². The first-order chi connectivity index (χ1) is 14.8. The molecular weight excluding hydrogens is 401 g/mol. The number of unbranched alkanes of at least 4 members (excludes halogenated alkanes) is 1. The van der Waals surface area contributed by atoms with Gasteiger partial charge in [0.15, 0.2) is 0 Å². The van der Waals surface area contributed by atoms with Crippen LogP contribution in [0.1, 0.15) is 80.3 Å².